The van der Waals surface area contributed by atoms with Crippen LogP contribution in [0.4, 0.5) is 0 Å². The highest BCUT2D eigenvalue weighted by atomic mass is 32.1. The zero-order chi connectivity index (χ0) is 22.6. The van der Waals surface area contributed by atoms with Crippen molar-refractivity contribution in [1.82, 2.24) is 13.7 Å². The molecule has 6 aromatic rings. The van der Waals surface area contributed by atoms with Crippen molar-refractivity contribution in [2.75, 3.05) is 13.3 Å². The average Bonchev–Trinajstić information content (AvgIpc) is 3.33. The van der Waals surface area contributed by atoms with E-state index < -0.39 is 7.14 Å². The summed E-state index contributed by atoms with van der Waals surface area (Å²) in [5, 5.41) is 4.08. The number of rotatable bonds is 3. The number of hydrogen-bond acceptors (Lipinski definition) is 5. The fourth-order valence-electron chi connectivity index (χ4n) is 4.40. The topological polar surface area (TPSA) is 55.7 Å². The summed E-state index contributed by atoms with van der Waals surface area (Å²) in [6.07, 6.45) is 0. The monoisotopic (exact) mass is 465 g/mol. The van der Waals surface area contributed by atoms with Gasteiger partial charge >= 0.3 is 0 Å². The van der Waals surface area contributed by atoms with Gasteiger partial charge in [-0.3, -0.25) is 0 Å². The maximum atomic E-state index is 12.5. The van der Waals surface area contributed by atoms with Crippen LogP contribution in [-0.4, -0.2) is 27.1 Å². The Hall–Kier alpha value is -3.40. The van der Waals surface area contributed by atoms with Gasteiger partial charge in [0.15, 0.2) is 0 Å². The maximum Gasteiger partial charge on any atom is 0.114 e. The fourth-order valence-corrected chi connectivity index (χ4v) is 5.83. The number of aromatic nitrogens is 3. The molecule has 4 nitrogen and oxygen atoms in total. The molecule has 0 saturated heterocycles. The van der Waals surface area contributed by atoms with Crippen LogP contribution in [0, 0.1) is 0 Å². The first-order valence-corrected chi connectivity index (χ1v) is 14.0. The number of pyridine rings is 1. The summed E-state index contributed by atoms with van der Waals surface area (Å²) in [6.45, 7) is 3.59. The zero-order valence-electron chi connectivity index (χ0n) is 18.2. The van der Waals surface area contributed by atoms with E-state index in [0.29, 0.717) is 0 Å². The van der Waals surface area contributed by atoms with Gasteiger partial charge in [0.1, 0.15) is 18.2 Å². The molecule has 0 bridgehead atoms. The quantitative estimate of drug-likeness (QED) is 0.209. The van der Waals surface area contributed by atoms with Crippen LogP contribution >= 0.6 is 18.9 Å². The third-order valence-electron chi connectivity index (χ3n) is 6.05. The first-order valence-electron chi connectivity index (χ1n) is 10.7. The Bertz CT molecular complexity index is 1700. The van der Waals surface area contributed by atoms with Crippen molar-refractivity contribution in [3.63, 3.8) is 0 Å². The van der Waals surface area contributed by atoms with E-state index in [1.807, 2.05) is 60.7 Å². The van der Waals surface area contributed by atoms with Crippen molar-refractivity contribution < 1.29 is 4.57 Å². The standard InChI is InChI=1S/C27H20N3OPS/c1-32(2,31)19-14-12-17(13-15-19)21-16-22-24(27-26(21)29-33-30-27)20-10-6-7-11-23(20)28-25(22)18-8-4-3-5-9-18/h3-16H,1-2H3. The van der Waals surface area contributed by atoms with Crippen molar-refractivity contribution >= 4 is 56.9 Å². The third-order valence-corrected chi connectivity index (χ3v) is 8.12. The Morgan fingerprint density at radius 2 is 1.42 bits per heavy atom. The number of hydrogen-bond donors (Lipinski definition) is 0. The molecule has 4 aromatic carbocycles. The molecular weight excluding hydrogens is 445 g/mol. The average molecular weight is 466 g/mol. The van der Waals surface area contributed by atoms with Crippen LogP contribution in [0.2, 0.25) is 0 Å². The molecule has 0 aliphatic rings. The molecule has 33 heavy (non-hydrogen) atoms. The normalized spacial score (nSPS) is 12.1. The maximum absolute atomic E-state index is 12.5. The molecule has 0 atom stereocenters. The summed E-state index contributed by atoms with van der Waals surface area (Å²) in [5.41, 5.74) is 6.75. The van der Waals surface area contributed by atoms with E-state index in [-0.39, 0.29) is 0 Å². The highest BCUT2D eigenvalue weighted by Crippen LogP contribution is 2.41. The molecule has 0 amide bonds. The van der Waals surface area contributed by atoms with Crippen LogP contribution in [-0.2, 0) is 4.57 Å². The smallest absolute Gasteiger partial charge is 0.114 e. The van der Waals surface area contributed by atoms with E-state index >= 15 is 0 Å². The minimum absolute atomic E-state index is 0.873. The number of para-hydroxylation sites is 1. The molecule has 0 N–H and O–H groups in total. The number of benzene rings is 4. The van der Waals surface area contributed by atoms with Gasteiger partial charge in [-0.05, 0) is 31.0 Å². The zero-order valence-corrected chi connectivity index (χ0v) is 19.9. The van der Waals surface area contributed by atoms with Crippen molar-refractivity contribution in [1.29, 1.82) is 0 Å². The van der Waals surface area contributed by atoms with Crippen molar-refractivity contribution in [2.24, 2.45) is 0 Å². The van der Waals surface area contributed by atoms with Crippen molar-refractivity contribution in [2.45, 2.75) is 0 Å². The van der Waals surface area contributed by atoms with Gasteiger partial charge in [0.05, 0.1) is 22.9 Å². The summed E-state index contributed by atoms with van der Waals surface area (Å²) in [6, 6.07) is 28.7. The summed E-state index contributed by atoms with van der Waals surface area (Å²) in [4.78, 5) is 5.06. The van der Waals surface area contributed by atoms with Crippen LogP contribution in [0.25, 0.3) is 55.1 Å². The lowest BCUT2D eigenvalue weighted by Gasteiger charge is -2.13. The fraction of sp³-hybridized carbons (Fsp3) is 0.0741. The Balaban J connectivity index is 1.73. The summed E-state index contributed by atoms with van der Waals surface area (Å²) in [7, 11) is -2.32. The van der Waals surface area contributed by atoms with Crippen molar-refractivity contribution in [3.05, 3.63) is 84.9 Å². The van der Waals surface area contributed by atoms with E-state index in [4.69, 9.17) is 9.36 Å². The minimum Gasteiger partial charge on any atom is -0.319 e. The van der Waals surface area contributed by atoms with E-state index in [9.17, 15) is 4.57 Å². The molecular formula is C27H20N3OPS. The van der Waals surface area contributed by atoms with E-state index in [0.717, 1.165) is 60.4 Å². The third kappa shape index (κ3) is 3.36. The molecule has 2 aromatic heterocycles. The second-order valence-corrected chi connectivity index (χ2v) is 12.3. The van der Waals surface area contributed by atoms with Gasteiger partial charge in [-0.1, -0.05) is 72.8 Å². The second kappa shape index (κ2) is 7.58. The molecule has 0 unspecified atom stereocenters. The van der Waals surface area contributed by atoms with Gasteiger partial charge in [0.25, 0.3) is 0 Å². The van der Waals surface area contributed by atoms with Gasteiger partial charge in [-0.15, -0.1) is 0 Å². The van der Waals surface area contributed by atoms with Crippen LogP contribution in [0.5, 0.6) is 0 Å². The van der Waals surface area contributed by atoms with E-state index in [2.05, 4.69) is 28.6 Å². The van der Waals surface area contributed by atoms with Gasteiger partial charge in [0, 0.05) is 32.6 Å². The molecule has 160 valence electrons. The predicted octanol–water partition coefficient (Wildman–Crippen LogP) is 6.97. The Labute approximate surface area is 195 Å². The first-order chi connectivity index (χ1) is 16.0. The van der Waals surface area contributed by atoms with Crippen LogP contribution in [0.1, 0.15) is 0 Å². The van der Waals surface area contributed by atoms with Gasteiger partial charge in [0.2, 0.25) is 0 Å². The predicted molar refractivity (Wildman–Crippen MR) is 140 cm³/mol. The molecule has 0 radical (unpaired) electrons. The highest BCUT2D eigenvalue weighted by molar-refractivity contribution is 7.70. The van der Waals surface area contributed by atoms with Crippen LogP contribution in [0.15, 0.2) is 84.9 Å². The summed E-state index contributed by atoms with van der Waals surface area (Å²) < 4.78 is 21.9. The van der Waals surface area contributed by atoms with Crippen LogP contribution < -0.4 is 5.30 Å². The first kappa shape index (κ1) is 20.2. The Kier molecular flexibility index (Phi) is 4.65. The number of nitrogens with zero attached hydrogens (tertiary/aromatic N) is 3. The van der Waals surface area contributed by atoms with Gasteiger partial charge in [-0.25, -0.2) is 4.98 Å². The van der Waals surface area contributed by atoms with Crippen molar-refractivity contribution in [3.8, 4) is 22.4 Å². The molecule has 0 aliphatic carbocycles. The Morgan fingerprint density at radius 3 is 2.18 bits per heavy atom. The molecule has 6 rings (SSSR count). The molecule has 2 heterocycles. The lowest BCUT2D eigenvalue weighted by atomic mass is 9.94. The molecule has 0 fully saturated rings. The van der Waals surface area contributed by atoms with E-state index in [1.54, 1.807) is 13.3 Å². The largest absolute Gasteiger partial charge is 0.319 e. The molecule has 0 saturated carbocycles. The minimum atomic E-state index is -2.32. The Morgan fingerprint density at radius 1 is 0.727 bits per heavy atom. The SMILES string of the molecule is CP(C)(=O)c1ccc(-c2cc3c(-c4ccccc4)nc4ccccc4c3c3nsnc23)cc1. The molecule has 0 spiro atoms. The second-order valence-electron chi connectivity index (χ2n) is 8.55. The summed E-state index contributed by atoms with van der Waals surface area (Å²) >= 11 is 1.23. The lowest BCUT2D eigenvalue weighted by Crippen LogP contribution is -2.01. The van der Waals surface area contributed by atoms with Crippen LogP contribution in [0.3, 0.4) is 0 Å². The lowest BCUT2D eigenvalue weighted by molar-refractivity contribution is 0.588. The van der Waals surface area contributed by atoms with Gasteiger partial charge < -0.3 is 4.57 Å². The van der Waals surface area contributed by atoms with Gasteiger partial charge in [-0.2, -0.15) is 8.75 Å². The highest BCUT2D eigenvalue weighted by Gasteiger charge is 2.19. The molecule has 6 heteroatoms. The molecule has 0 aliphatic heterocycles. The number of fused-ring (bicyclic) bond motifs is 5. The summed E-state index contributed by atoms with van der Waals surface area (Å²) in [5.74, 6) is 0. The van der Waals surface area contributed by atoms with E-state index in [1.165, 1.54) is 11.7 Å².